The van der Waals surface area contributed by atoms with E-state index in [1.165, 1.54) is 8.96 Å². The molecule has 3 heterocycles. The fourth-order valence-corrected chi connectivity index (χ4v) is 5.67. The van der Waals surface area contributed by atoms with Gasteiger partial charge in [0.15, 0.2) is 5.70 Å². The average molecular weight is 482 g/mol. The minimum Gasteiger partial charge on any atom is -0.393 e. The molecule has 2 aliphatic heterocycles. The van der Waals surface area contributed by atoms with E-state index < -0.39 is 6.97 Å². The van der Waals surface area contributed by atoms with E-state index >= 15 is 8.63 Å². The van der Waals surface area contributed by atoms with E-state index in [0.717, 1.165) is 31.2 Å². The lowest BCUT2D eigenvalue weighted by molar-refractivity contribution is -0.363. The first-order valence-electron chi connectivity index (χ1n) is 8.37. The SMILES string of the molecule is CC1=CC(C)=[N+]2C1=C(c1c(Br)cccc1Br)c1c(C)cc(C)n1[B-]2(F)F. The molecule has 0 amide bonds. The molecule has 0 unspecified atom stereocenters. The summed E-state index contributed by atoms with van der Waals surface area (Å²) in [7, 11) is 0. The van der Waals surface area contributed by atoms with Crippen LogP contribution in [0.5, 0.6) is 0 Å². The minimum absolute atomic E-state index is 0.569. The number of benzene rings is 1. The number of aromatic nitrogens is 1. The number of allylic oxidation sites excluding steroid dienone is 2. The fourth-order valence-electron chi connectivity index (χ4n) is 4.27. The predicted octanol–water partition coefficient (Wildman–Crippen LogP) is 6.06. The molecule has 2 nitrogen and oxygen atoms in total. The van der Waals surface area contributed by atoms with Crippen molar-refractivity contribution in [3.63, 3.8) is 0 Å². The Morgan fingerprint density at radius 1 is 1.04 bits per heavy atom. The molecule has 0 fully saturated rings. The van der Waals surface area contributed by atoms with Crippen LogP contribution in [0.3, 0.4) is 0 Å². The van der Waals surface area contributed by atoms with Gasteiger partial charge in [0, 0.05) is 38.8 Å². The van der Waals surface area contributed by atoms with Gasteiger partial charge in [-0.25, -0.2) is 0 Å². The molecule has 0 aliphatic carbocycles. The number of nitrogens with zero attached hydrogens (tertiary/aromatic N) is 2. The molecule has 26 heavy (non-hydrogen) atoms. The van der Waals surface area contributed by atoms with E-state index in [9.17, 15) is 0 Å². The van der Waals surface area contributed by atoms with E-state index in [0.29, 0.717) is 22.8 Å². The van der Waals surface area contributed by atoms with E-state index in [-0.39, 0.29) is 0 Å². The highest BCUT2D eigenvalue weighted by atomic mass is 79.9. The molecule has 0 N–H and O–H groups in total. The summed E-state index contributed by atoms with van der Waals surface area (Å²) >= 11 is 7.25. The van der Waals surface area contributed by atoms with Crippen LogP contribution in [-0.4, -0.2) is 21.6 Å². The second kappa shape index (κ2) is 5.76. The van der Waals surface area contributed by atoms with Crippen LogP contribution in [-0.2, 0) is 0 Å². The normalized spacial score (nSPS) is 18.2. The first kappa shape index (κ1) is 17.9. The topological polar surface area (TPSA) is 7.94 Å². The van der Waals surface area contributed by atoms with E-state index in [4.69, 9.17) is 0 Å². The van der Waals surface area contributed by atoms with Crippen molar-refractivity contribution >= 4 is 50.1 Å². The van der Waals surface area contributed by atoms with Gasteiger partial charge in [-0.3, -0.25) is 0 Å². The Balaban J connectivity index is 2.24. The molecule has 0 spiro atoms. The van der Waals surface area contributed by atoms with Gasteiger partial charge in [-0.1, -0.05) is 37.9 Å². The first-order chi connectivity index (χ1) is 12.2. The van der Waals surface area contributed by atoms with Gasteiger partial charge in [0.05, 0.1) is 5.57 Å². The maximum absolute atomic E-state index is 15.6. The Kier molecular flexibility index (Phi) is 3.97. The number of hydrogen-bond donors (Lipinski definition) is 0. The molecule has 1 aromatic carbocycles. The summed E-state index contributed by atoms with van der Waals surface area (Å²) in [4.78, 5) is 0. The van der Waals surface area contributed by atoms with Gasteiger partial charge in [-0.15, -0.1) is 0 Å². The lowest BCUT2D eigenvalue weighted by Crippen LogP contribution is -2.51. The van der Waals surface area contributed by atoms with E-state index in [1.807, 2.05) is 44.2 Å². The second-order valence-corrected chi connectivity index (χ2v) is 8.64. The van der Waals surface area contributed by atoms with Gasteiger partial charge in [0.2, 0.25) is 0 Å². The van der Waals surface area contributed by atoms with Crippen LogP contribution < -0.4 is 0 Å². The molecule has 134 valence electrons. The van der Waals surface area contributed by atoms with Crippen LogP contribution in [0.1, 0.15) is 36.4 Å². The van der Waals surface area contributed by atoms with Gasteiger partial charge in [-0.2, -0.15) is 0 Å². The Morgan fingerprint density at radius 2 is 1.65 bits per heavy atom. The van der Waals surface area contributed by atoms with Crippen LogP contribution in [0.2, 0.25) is 0 Å². The van der Waals surface area contributed by atoms with Crippen molar-refractivity contribution in [2.75, 3.05) is 0 Å². The van der Waals surface area contributed by atoms with Crippen LogP contribution in [0, 0.1) is 13.8 Å². The van der Waals surface area contributed by atoms with E-state index in [2.05, 4.69) is 31.9 Å². The summed E-state index contributed by atoms with van der Waals surface area (Å²) < 4.78 is 35.3. The molecule has 1 aromatic heterocycles. The molecular formula is C19H17BBr2F2N2. The summed E-state index contributed by atoms with van der Waals surface area (Å²) in [5.41, 5.74) is 5.75. The number of rotatable bonds is 1. The number of hydrogen-bond acceptors (Lipinski definition) is 0. The molecule has 7 heteroatoms. The summed E-state index contributed by atoms with van der Waals surface area (Å²) in [5.74, 6) is 0. The number of aryl methyl sites for hydroxylation is 2. The highest BCUT2D eigenvalue weighted by Crippen LogP contribution is 2.47. The summed E-state index contributed by atoms with van der Waals surface area (Å²) in [6.45, 7) is 3.35. The molecule has 0 radical (unpaired) electrons. The lowest BCUT2D eigenvalue weighted by atomic mass is 9.84. The van der Waals surface area contributed by atoms with Crippen molar-refractivity contribution in [2.45, 2.75) is 27.7 Å². The highest BCUT2D eigenvalue weighted by Gasteiger charge is 2.55. The van der Waals surface area contributed by atoms with Crippen LogP contribution in [0.4, 0.5) is 8.63 Å². The van der Waals surface area contributed by atoms with Crippen LogP contribution in [0.15, 0.2) is 50.6 Å². The van der Waals surface area contributed by atoms with Crippen molar-refractivity contribution in [1.82, 2.24) is 4.48 Å². The van der Waals surface area contributed by atoms with Gasteiger partial charge in [0.25, 0.3) is 0 Å². The van der Waals surface area contributed by atoms with Crippen LogP contribution >= 0.6 is 31.9 Å². The monoisotopic (exact) mass is 480 g/mol. The molecular weight excluding hydrogens is 465 g/mol. The smallest absolute Gasteiger partial charge is 0.393 e. The minimum atomic E-state index is -3.94. The largest absolute Gasteiger partial charge is 0.737 e. The zero-order chi connectivity index (χ0) is 19.0. The third kappa shape index (κ3) is 2.22. The van der Waals surface area contributed by atoms with Crippen molar-refractivity contribution < 1.29 is 13.1 Å². The molecule has 2 aliphatic rings. The Labute approximate surface area is 168 Å². The maximum Gasteiger partial charge on any atom is 0.737 e. The molecule has 0 saturated heterocycles. The molecule has 2 aromatic rings. The van der Waals surface area contributed by atoms with Gasteiger partial charge >= 0.3 is 6.97 Å². The van der Waals surface area contributed by atoms with Crippen molar-refractivity contribution in [2.24, 2.45) is 0 Å². The standard InChI is InChI=1S/C19H17BBr2F2N2/c1-10-8-12(3)25-18(10)17(16-14(21)6-5-7-15(16)22)19-11(2)9-13(4)26(19)20(25,23)24/h5-9H,1-4H3. The summed E-state index contributed by atoms with van der Waals surface area (Å²) in [6.07, 6.45) is 1.84. The third-order valence-corrected chi connectivity index (χ3v) is 6.47. The summed E-state index contributed by atoms with van der Waals surface area (Å²) in [6, 6.07) is 7.65. The molecule has 0 atom stereocenters. The highest BCUT2D eigenvalue weighted by molar-refractivity contribution is 9.11. The average Bonchev–Trinajstić information content (AvgIpc) is 2.99. The number of fused-ring (bicyclic) bond motifs is 2. The zero-order valence-corrected chi connectivity index (χ0v) is 18.0. The van der Waals surface area contributed by atoms with Gasteiger partial charge in [0.1, 0.15) is 5.71 Å². The van der Waals surface area contributed by atoms with Crippen molar-refractivity contribution in [3.8, 4) is 0 Å². The maximum atomic E-state index is 15.6. The molecule has 0 bridgehead atoms. The molecule has 4 rings (SSSR count). The predicted molar refractivity (Wildman–Crippen MR) is 110 cm³/mol. The Morgan fingerprint density at radius 3 is 2.27 bits per heavy atom. The van der Waals surface area contributed by atoms with Crippen molar-refractivity contribution in [1.29, 1.82) is 0 Å². The third-order valence-electron chi connectivity index (χ3n) is 5.15. The first-order valence-corrected chi connectivity index (χ1v) is 9.96. The second-order valence-electron chi connectivity index (χ2n) is 6.93. The Bertz CT molecular complexity index is 1060. The molecule has 0 saturated carbocycles. The summed E-state index contributed by atoms with van der Waals surface area (Å²) in [5, 5.41) is 0. The van der Waals surface area contributed by atoms with Crippen molar-refractivity contribution in [3.05, 3.63) is 73.1 Å². The fraction of sp³-hybridized carbons (Fsp3) is 0.211. The number of halogens is 4. The quantitative estimate of drug-likeness (QED) is 0.437. The van der Waals surface area contributed by atoms with Gasteiger partial charge in [-0.05, 0) is 50.2 Å². The van der Waals surface area contributed by atoms with Gasteiger partial charge < -0.3 is 17.6 Å². The Hall–Kier alpha value is -1.47. The lowest BCUT2D eigenvalue weighted by Gasteiger charge is -2.34. The van der Waals surface area contributed by atoms with E-state index in [1.54, 1.807) is 13.8 Å². The van der Waals surface area contributed by atoms with Crippen LogP contribution in [0.25, 0.3) is 5.57 Å². The zero-order valence-electron chi connectivity index (χ0n) is 14.9.